The van der Waals surface area contributed by atoms with Crippen molar-refractivity contribution in [1.82, 2.24) is 0 Å². The summed E-state index contributed by atoms with van der Waals surface area (Å²) in [4.78, 5) is 40.8. The Bertz CT molecular complexity index is 1460. The zero-order chi connectivity index (χ0) is 28.2. The Balaban J connectivity index is 1.65. The lowest BCUT2D eigenvalue weighted by molar-refractivity contribution is -0.384. The number of benzene rings is 3. The first-order chi connectivity index (χ1) is 19.4. The highest BCUT2D eigenvalue weighted by Gasteiger charge is 2.41. The van der Waals surface area contributed by atoms with E-state index in [1.165, 1.54) is 6.07 Å². The molecule has 0 bridgehead atoms. The fourth-order valence-corrected chi connectivity index (χ4v) is 5.74. The van der Waals surface area contributed by atoms with Crippen LogP contribution in [-0.2, 0) is 9.59 Å². The number of allylic oxidation sites excluding steroid dienone is 1. The molecule has 3 aromatic carbocycles. The van der Waals surface area contributed by atoms with E-state index < -0.39 is 11.0 Å². The van der Waals surface area contributed by atoms with E-state index in [0.717, 1.165) is 47.5 Å². The SMILES string of the molecule is CCCCCC(=O)N1c2ccccc2NC2=C(C(=O)C[C@@H](c3cccc([N+](=O)[O-])c3)C2)[C@H]1c1ccc(OC)cc1. The quantitative estimate of drug-likeness (QED) is 0.186. The van der Waals surface area contributed by atoms with E-state index >= 15 is 0 Å². The number of unbranched alkanes of at least 4 members (excludes halogenated alkanes) is 2. The number of carbonyl (C=O) groups excluding carboxylic acids is 2. The summed E-state index contributed by atoms with van der Waals surface area (Å²) in [7, 11) is 1.60. The van der Waals surface area contributed by atoms with Crippen molar-refractivity contribution in [3.05, 3.63) is 105 Å². The number of carbonyl (C=O) groups is 2. The molecule has 1 heterocycles. The number of nitro benzene ring substituents is 1. The number of ketones is 1. The van der Waals surface area contributed by atoms with E-state index in [0.29, 0.717) is 24.2 Å². The number of rotatable bonds is 8. The van der Waals surface area contributed by atoms with Gasteiger partial charge >= 0.3 is 0 Å². The van der Waals surface area contributed by atoms with Gasteiger partial charge < -0.3 is 10.1 Å². The monoisotopic (exact) mass is 539 g/mol. The lowest BCUT2D eigenvalue weighted by atomic mass is 9.78. The Morgan fingerprint density at radius 3 is 2.52 bits per heavy atom. The number of para-hydroxylation sites is 2. The Morgan fingerprint density at radius 1 is 1.02 bits per heavy atom. The molecule has 0 spiro atoms. The van der Waals surface area contributed by atoms with Gasteiger partial charge in [0.05, 0.1) is 29.4 Å². The zero-order valence-corrected chi connectivity index (χ0v) is 22.8. The fourth-order valence-electron chi connectivity index (χ4n) is 5.74. The molecule has 0 unspecified atom stereocenters. The van der Waals surface area contributed by atoms with Crippen LogP contribution in [0.25, 0.3) is 0 Å². The average Bonchev–Trinajstić information content (AvgIpc) is 3.12. The number of ether oxygens (including phenoxy) is 1. The van der Waals surface area contributed by atoms with Gasteiger partial charge in [0.1, 0.15) is 5.75 Å². The second kappa shape index (κ2) is 11.7. The number of hydrogen-bond acceptors (Lipinski definition) is 6. The molecule has 1 amide bonds. The predicted molar refractivity (Wildman–Crippen MR) is 155 cm³/mol. The van der Waals surface area contributed by atoms with Gasteiger partial charge in [0.25, 0.3) is 5.69 Å². The van der Waals surface area contributed by atoms with Gasteiger partial charge in [-0.15, -0.1) is 0 Å². The van der Waals surface area contributed by atoms with Gasteiger partial charge in [-0.3, -0.25) is 24.6 Å². The number of amides is 1. The number of fused-ring (bicyclic) bond motifs is 1. The molecule has 5 rings (SSSR count). The van der Waals surface area contributed by atoms with Crippen molar-refractivity contribution in [3.63, 3.8) is 0 Å². The second-order valence-corrected chi connectivity index (χ2v) is 10.3. The van der Waals surface area contributed by atoms with Crippen LogP contribution in [-0.4, -0.2) is 23.7 Å². The molecule has 0 fully saturated rings. The van der Waals surface area contributed by atoms with Gasteiger partial charge in [-0.1, -0.05) is 56.2 Å². The van der Waals surface area contributed by atoms with Crippen LogP contribution in [0.1, 0.15) is 68.5 Å². The van der Waals surface area contributed by atoms with Gasteiger partial charge in [0, 0.05) is 36.2 Å². The summed E-state index contributed by atoms with van der Waals surface area (Å²) in [6.45, 7) is 2.10. The van der Waals surface area contributed by atoms with Gasteiger partial charge in [-0.05, 0) is 54.2 Å². The van der Waals surface area contributed by atoms with E-state index in [9.17, 15) is 19.7 Å². The van der Waals surface area contributed by atoms with Crippen LogP contribution in [0.15, 0.2) is 84.1 Å². The molecule has 8 nitrogen and oxygen atoms in total. The van der Waals surface area contributed by atoms with Crippen molar-refractivity contribution in [2.75, 3.05) is 17.3 Å². The van der Waals surface area contributed by atoms with Crippen LogP contribution >= 0.6 is 0 Å². The molecule has 0 radical (unpaired) electrons. The van der Waals surface area contributed by atoms with Crippen molar-refractivity contribution >= 4 is 28.8 Å². The van der Waals surface area contributed by atoms with Crippen molar-refractivity contribution in [2.24, 2.45) is 0 Å². The van der Waals surface area contributed by atoms with Crippen molar-refractivity contribution in [2.45, 2.75) is 57.4 Å². The Kier molecular flexibility index (Phi) is 7.96. The van der Waals surface area contributed by atoms with Crippen molar-refractivity contribution in [1.29, 1.82) is 0 Å². The van der Waals surface area contributed by atoms with Gasteiger partial charge in [0.2, 0.25) is 5.91 Å². The summed E-state index contributed by atoms with van der Waals surface area (Å²) in [5.41, 5.74) is 4.35. The molecule has 3 aromatic rings. The molecule has 1 aliphatic carbocycles. The first kappa shape index (κ1) is 27.1. The number of non-ortho nitro benzene ring substituents is 1. The van der Waals surface area contributed by atoms with Crippen LogP contribution in [0.5, 0.6) is 5.75 Å². The van der Waals surface area contributed by atoms with Gasteiger partial charge in [-0.2, -0.15) is 0 Å². The van der Waals surface area contributed by atoms with E-state index in [-0.39, 0.29) is 29.7 Å². The third kappa shape index (κ3) is 5.34. The highest BCUT2D eigenvalue weighted by Crippen LogP contribution is 2.48. The number of nitrogens with zero attached hydrogens (tertiary/aromatic N) is 2. The molecule has 1 N–H and O–H groups in total. The summed E-state index contributed by atoms with van der Waals surface area (Å²) in [6, 6.07) is 21.0. The second-order valence-electron chi connectivity index (χ2n) is 10.3. The smallest absolute Gasteiger partial charge is 0.269 e. The molecule has 0 saturated heterocycles. The molecule has 2 aliphatic rings. The molecule has 40 heavy (non-hydrogen) atoms. The highest BCUT2D eigenvalue weighted by atomic mass is 16.6. The summed E-state index contributed by atoms with van der Waals surface area (Å²) in [6.07, 6.45) is 3.78. The summed E-state index contributed by atoms with van der Waals surface area (Å²) in [5.74, 6) is 0.344. The maximum Gasteiger partial charge on any atom is 0.269 e. The van der Waals surface area contributed by atoms with Crippen molar-refractivity contribution in [3.8, 4) is 5.75 Å². The predicted octanol–water partition coefficient (Wildman–Crippen LogP) is 7.08. The maximum atomic E-state index is 14.1. The first-order valence-corrected chi connectivity index (χ1v) is 13.7. The number of methoxy groups -OCH3 is 1. The maximum absolute atomic E-state index is 14.1. The van der Waals surface area contributed by atoms with Crippen LogP contribution in [0, 0.1) is 10.1 Å². The third-order valence-electron chi connectivity index (χ3n) is 7.74. The number of nitro groups is 1. The minimum Gasteiger partial charge on any atom is -0.497 e. The fraction of sp³-hybridized carbons (Fsp3) is 0.312. The molecule has 0 saturated carbocycles. The summed E-state index contributed by atoms with van der Waals surface area (Å²) in [5, 5.41) is 14.9. The summed E-state index contributed by atoms with van der Waals surface area (Å²) < 4.78 is 5.37. The Morgan fingerprint density at radius 2 is 1.80 bits per heavy atom. The highest BCUT2D eigenvalue weighted by molar-refractivity contribution is 6.06. The molecule has 206 valence electrons. The van der Waals surface area contributed by atoms with Crippen LogP contribution in [0.4, 0.5) is 17.1 Å². The Labute approximate surface area is 233 Å². The van der Waals surface area contributed by atoms with Gasteiger partial charge in [0.15, 0.2) is 5.78 Å². The minimum atomic E-state index is -0.621. The van der Waals surface area contributed by atoms with Crippen LogP contribution < -0.4 is 15.0 Å². The first-order valence-electron chi connectivity index (χ1n) is 13.7. The zero-order valence-electron chi connectivity index (χ0n) is 22.8. The summed E-state index contributed by atoms with van der Waals surface area (Å²) >= 11 is 0. The van der Waals surface area contributed by atoms with E-state index in [4.69, 9.17) is 4.74 Å². The largest absolute Gasteiger partial charge is 0.497 e. The third-order valence-corrected chi connectivity index (χ3v) is 7.74. The molecular weight excluding hydrogens is 506 g/mol. The number of anilines is 2. The molecule has 8 heteroatoms. The lowest BCUT2D eigenvalue weighted by Gasteiger charge is -2.35. The minimum absolute atomic E-state index is 0.00357. The number of nitrogens with one attached hydrogen (secondary N) is 1. The molecule has 1 aliphatic heterocycles. The van der Waals surface area contributed by atoms with Crippen molar-refractivity contribution < 1.29 is 19.2 Å². The van der Waals surface area contributed by atoms with Crippen LogP contribution in [0.2, 0.25) is 0 Å². The van der Waals surface area contributed by atoms with E-state index in [1.807, 2.05) is 54.6 Å². The molecule has 2 atom stereocenters. The molecular formula is C32H33N3O5. The van der Waals surface area contributed by atoms with Gasteiger partial charge in [-0.25, -0.2) is 0 Å². The lowest BCUT2D eigenvalue weighted by Crippen LogP contribution is -2.38. The van der Waals surface area contributed by atoms with Crippen LogP contribution in [0.3, 0.4) is 0 Å². The number of hydrogen-bond donors (Lipinski definition) is 1. The van der Waals surface area contributed by atoms with E-state index in [1.54, 1.807) is 24.1 Å². The topological polar surface area (TPSA) is 102 Å². The standard InChI is InChI=1S/C32H33N3O5/c1-3-4-5-13-30(37)34-28-12-7-6-11-26(28)33-27-19-23(22-9-8-10-24(18-22)35(38)39)20-29(36)31(27)32(34)21-14-16-25(40-2)17-15-21/h6-12,14-18,23,32-33H,3-5,13,19-20H2,1-2H3/t23-,32+/m0/s1. The average molecular weight is 540 g/mol. The Hall–Kier alpha value is -4.46. The van der Waals surface area contributed by atoms with E-state index in [2.05, 4.69) is 12.2 Å². The number of Topliss-reactive ketones (excluding diaryl/α,β-unsaturated/α-hetero) is 1. The molecule has 0 aromatic heterocycles. The normalized spacial score (nSPS) is 18.4.